The SMILES string of the molecule is CCNC(=O)CNS(=O)(=O)c1cc(Cl)cc(N)c1Br. The number of nitrogens with one attached hydrogen (secondary N) is 2. The molecule has 1 aromatic rings. The van der Waals surface area contributed by atoms with E-state index in [0.717, 1.165) is 0 Å². The molecule has 0 bridgehead atoms. The predicted molar refractivity (Wildman–Crippen MR) is 77.4 cm³/mol. The number of likely N-dealkylation sites (N-methyl/N-ethyl adjacent to an activating group) is 1. The first-order valence-corrected chi connectivity index (χ1v) is 7.94. The van der Waals surface area contributed by atoms with Gasteiger partial charge < -0.3 is 11.1 Å². The summed E-state index contributed by atoms with van der Waals surface area (Å²) in [6, 6.07) is 2.68. The lowest BCUT2D eigenvalue weighted by atomic mass is 10.3. The quantitative estimate of drug-likeness (QED) is 0.676. The number of sulfonamides is 1. The standard InChI is InChI=1S/C10H13BrClN3O3S/c1-2-14-9(16)5-15-19(17,18)8-4-6(12)3-7(13)10(8)11/h3-4,15H,2,5,13H2,1H3,(H,14,16). The van der Waals surface area contributed by atoms with Crippen molar-refractivity contribution in [1.82, 2.24) is 10.0 Å². The van der Waals surface area contributed by atoms with Crippen LogP contribution < -0.4 is 15.8 Å². The van der Waals surface area contributed by atoms with E-state index < -0.39 is 15.9 Å². The fourth-order valence-electron chi connectivity index (χ4n) is 1.28. The molecule has 19 heavy (non-hydrogen) atoms. The second-order valence-corrected chi connectivity index (χ2v) is 6.55. The molecule has 0 aromatic heterocycles. The molecule has 9 heteroatoms. The molecule has 0 saturated heterocycles. The van der Waals surface area contributed by atoms with Crippen LogP contribution in [0.15, 0.2) is 21.5 Å². The summed E-state index contributed by atoms with van der Waals surface area (Å²) in [5.41, 5.74) is 5.82. The molecule has 0 spiro atoms. The van der Waals surface area contributed by atoms with Gasteiger partial charge in [-0.2, -0.15) is 0 Å². The van der Waals surface area contributed by atoms with E-state index in [2.05, 4.69) is 26.0 Å². The number of anilines is 1. The predicted octanol–water partition coefficient (Wildman–Crippen LogP) is 1.10. The van der Waals surface area contributed by atoms with E-state index in [4.69, 9.17) is 17.3 Å². The highest BCUT2D eigenvalue weighted by Crippen LogP contribution is 2.31. The second kappa shape index (κ2) is 6.56. The molecule has 1 aromatic carbocycles. The van der Waals surface area contributed by atoms with Crippen LogP contribution in [0, 0.1) is 0 Å². The molecule has 1 rings (SSSR count). The van der Waals surface area contributed by atoms with Gasteiger partial charge in [-0.3, -0.25) is 4.79 Å². The summed E-state index contributed by atoms with van der Waals surface area (Å²) in [5.74, 6) is -0.419. The molecule has 1 amide bonds. The number of carbonyl (C=O) groups excluding carboxylic acids is 1. The lowest BCUT2D eigenvalue weighted by Gasteiger charge is -2.10. The Hall–Kier alpha value is -0.830. The number of carbonyl (C=O) groups is 1. The van der Waals surface area contributed by atoms with Crippen LogP contribution in [0.3, 0.4) is 0 Å². The van der Waals surface area contributed by atoms with Gasteiger partial charge in [0.25, 0.3) is 0 Å². The third-order valence-electron chi connectivity index (χ3n) is 2.12. The number of nitrogen functional groups attached to an aromatic ring is 1. The average Bonchev–Trinajstić information content (AvgIpc) is 2.31. The summed E-state index contributed by atoms with van der Waals surface area (Å²) in [5, 5.41) is 2.67. The van der Waals surface area contributed by atoms with Crippen LogP contribution in [0.5, 0.6) is 0 Å². The van der Waals surface area contributed by atoms with Gasteiger partial charge in [0, 0.05) is 17.3 Å². The first-order valence-electron chi connectivity index (χ1n) is 5.28. The number of benzene rings is 1. The molecule has 6 nitrogen and oxygen atoms in total. The molecule has 0 aliphatic rings. The summed E-state index contributed by atoms with van der Waals surface area (Å²) >= 11 is 8.85. The fraction of sp³-hybridized carbons (Fsp3) is 0.300. The lowest BCUT2D eigenvalue weighted by molar-refractivity contribution is -0.119. The van der Waals surface area contributed by atoms with Gasteiger partial charge in [-0.1, -0.05) is 11.6 Å². The highest BCUT2D eigenvalue weighted by Gasteiger charge is 2.20. The topological polar surface area (TPSA) is 101 Å². The van der Waals surface area contributed by atoms with Gasteiger partial charge in [-0.15, -0.1) is 0 Å². The van der Waals surface area contributed by atoms with Crippen LogP contribution in [0.2, 0.25) is 5.02 Å². The van der Waals surface area contributed by atoms with Crippen molar-refractivity contribution < 1.29 is 13.2 Å². The van der Waals surface area contributed by atoms with Crippen LogP contribution >= 0.6 is 27.5 Å². The van der Waals surface area contributed by atoms with Crippen molar-refractivity contribution >= 4 is 49.1 Å². The van der Waals surface area contributed by atoms with Gasteiger partial charge in [0.2, 0.25) is 15.9 Å². The Balaban J connectivity index is 2.98. The Labute approximate surface area is 124 Å². The Kier molecular flexibility index (Phi) is 5.60. The third kappa shape index (κ3) is 4.34. The van der Waals surface area contributed by atoms with E-state index >= 15 is 0 Å². The van der Waals surface area contributed by atoms with Crippen molar-refractivity contribution in [2.24, 2.45) is 0 Å². The number of halogens is 2. The Bertz CT molecular complexity index is 592. The van der Waals surface area contributed by atoms with E-state index in [1.807, 2.05) is 0 Å². The van der Waals surface area contributed by atoms with E-state index in [-0.39, 0.29) is 26.6 Å². The number of hydrogen-bond donors (Lipinski definition) is 3. The van der Waals surface area contributed by atoms with Crippen molar-refractivity contribution in [3.8, 4) is 0 Å². The maximum Gasteiger partial charge on any atom is 0.242 e. The first kappa shape index (κ1) is 16.2. The van der Waals surface area contributed by atoms with Gasteiger partial charge in [0.05, 0.1) is 15.9 Å². The summed E-state index contributed by atoms with van der Waals surface area (Å²) in [4.78, 5) is 11.1. The molecule has 0 heterocycles. The first-order chi connectivity index (χ1) is 8.77. The molecule has 0 fully saturated rings. The van der Waals surface area contributed by atoms with E-state index in [0.29, 0.717) is 6.54 Å². The minimum absolute atomic E-state index is 0.109. The number of amides is 1. The highest BCUT2D eigenvalue weighted by molar-refractivity contribution is 9.10. The lowest BCUT2D eigenvalue weighted by Crippen LogP contribution is -2.36. The van der Waals surface area contributed by atoms with Crippen LogP contribution in [-0.2, 0) is 14.8 Å². The molecule has 4 N–H and O–H groups in total. The van der Waals surface area contributed by atoms with Crippen LogP contribution in [0.1, 0.15) is 6.92 Å². The zero-order valence-corrected chi connectivity index (χ0v) is 13.2. The number of hydrogen-bond acceptors (Lipinski definition) is 4. The molecular formula is C10H13BrClN3O3S. The van der Waals surface area contributed by atoms with Crippen LogP contribution in [0.4, 0.5) is 5.69 Å². The van der Waals surface area contributed by atoms with Gasteiger partial charge in [0.15, 0.2) is 0 Å². The van der Waals surface area contributed by atoms with Crippen molar-refractivity contribution in [2.45, 2.75) is 11.8 Å². The largest absolute Gasteiger partial charge is 0.398 e. The highest BCUT2D eigenvalue weighted by atomic mass is 79.9. The zero-order valence-electron chi connectivity index (χ0n) is 10.0. The smallest absolute Gasteiger partial charge is 0.242 e. The van der Waals surface area contributed by atoms with Crippen LogP contribution in [0.25, 0.3) is 0 Å². The molecule has 0 unspecified atom stereocenters. The summed E-state index contributed by atoms with van der Waals surface area (Å²) in [6.45, 7) is 1.81. The Morgan fingerprint density at radius 2 is 2.11 bits per heavy atom. The maximum atomic E-state index is 12.0. The van der Waals surface area contributed by atoms with Crippen molar-refractivity contribution in [3.05, 3.63) is 21.6 Å². The minimum Gasteiger partial charge on any atom is -0.398 e. The van der Waals surface area contributed by atoms with E-state index in [9.17, 15) is 13.2 Å². The van der Waals surface area contributed by atoms with Crippen molar-refractivity contribution in [3.63, 3.8) is 0 Å². The summed E-state index contributed by atoms with van der Waals surface area (Å²) in [7, 11) is -3.87. The maximum absolute atomic E-state index is 12.0. The number of nitrogens with two attached hydrogens (primary N) is 1. The molecule has 0 aliphatic carbocycles. The zero-order chi connectivity index (χ0) is 14.6. The average molecular weight is 371 g/mol. The number of rotatable bonds is 5. The second-order valence-electron chi connectivity index (χ2n) is 3.59. The van der Waals surface area contributed by atoms with Gasteiger partial charge in [-0.05, 0) is 35.0 Å². The van der Waals surface area contributed by atoms with E-state index in [1.165, 1.54) is 12.1 Å². The fourth-order valence-corrected chi connectivity index (χ4v) is 3.55. The molecule has 0 radical (unpaired) electrons. The Morgan fingerprint density at radius 1 is 1.47 bits per heavy atom. The van der Waals surface area contributed by atoms with E-state index in [1.54, 1.807) is 6.92 Å². The molecule has 0 saturated carbocycles. The normalized spacial score (nSPS) is 11.3. The summed E-state index contributed by atoms with van der Waals surface area (Å²) in [6.07, 6.45) is 0. The Morgan fingerprint density at radius 3 is 2.68 bits per heavy atom. The summed E-state index contributed by atoms with van der Waals surface area (Å²) < 4.78 is 26.4. The van der Waals surface area contributed by atoms with Crippen molar-refractivity contribution in [2.75, 3.05) is 18.8 Å². The minimum atomic E-state index is -3.87. The third-order valence-corrected chi connectivity index (χ3v) is 4.91. The van der Waals surface area contributed by atoms with Crippen LogP contribution in [-0.4, -0.2) is 27.4 Å². The molecule has 106 valence electrons. The monoisotopic (exact) mass is 369 g/mol. The molecule has 0 aliphatic heterocycles. The van der Waals surface area contributed by atoms with Gasteiger partial charge >= 0.3 is 0 Å². The van der Waals surface area contributed by atoms with Gasteiger partial charge in [0.1, 0.15) is 0 Å². The molecular weight excluding hydrogens is 358 g/mol. The van der Waals surface area contributed by atoms with Gasteiger partial charge in [-0.25, -0.2) is 13.1 Å². The van der Waals surface area contributed by atoms with Crippen molar-refractivity contribution in [1.29, 1.82) is 0 Å². The molecule has 0 atom stereocenters.